The van der Waals surface area contributed by atoms with Gasteiger partial charge in [0.05, 0.1) is 0 Å². The first-order valence-electron chi connectivity index (χ1n) is 3.96. The lowest BCUT2D eigenvalue weighted by Gasteiger charge is -2.06. The van der Waals surface area contributed by atoms with Crippen molar-refractivity contribution >= 4 is 15.9 Å². The highest BCUT2D eigenvalue weighted by molar-refractivity contribution is 7.87. The van der Waals surface area contributed by atoms with Crippen molar-refractivity contribution in [3.8, 4) is 0 Å². The topological polar surface area (TPSA) is 60.4 Å². The van der Waals surface area contributed by atoms with Gasteiger partial charge in [-0.05, 0) is 12.8 Å². The summed E-state index contributed by atoms with van der Waals surface area (Å²) < 4.78 is 59.8. The Hall–Kier alpha value is -1.05. The van der Waals surface area contributed by atoms with Gasteiger partial charge in [0.2, 0.25) is 0 Å². The van der Waals surface area contributed by atoms with Crippen molar-refractivity contribution in [3.63, 3.8) is 0 Å². The van der Waals surface area contributed by atoms with Crippen molar-refractivity contribution < 1.29 is 30.6 Å². The summed E-state index contributed by atoms with van der Waals surface area (Å²) in [6.45, 7) is 0. The maximum Gasteiger partial charge on any atom is 0.534 e. The zero-order valence-electron chi connectivity index (χ0n) is 7.37. The van der Waals surface area contributed by atoms with Gasteiger partial charge in [-0.2, -0.15) is 21.6 Å². The van der Waals surface area contributed by atoms with Crippen molar-refractivity contribution in [2.75, 3.05) is 0 Å². The second-order valence-electron chi connectivity index (χ2n) is 2.92. The lowest BCUT2D eigenvalue weighted by atomic mass is 10.2. The van der Waals surface area contributed by atoms with Crippen LogP contribution in [0.4, 0.5) is 13.2 Å². The quantitative estimate of drug-likeness (QED) is 0.319. The van der Waals surface area contributed by atoms with Crippen LogP contribution in [0.15, 0.2) is 11.8 Å². The molecular formula is C7H7F3O4S. The van der Waals surface area contributed by atoms with Gasteiger partial charge in [-0.3, -0.25) is 4.79 Å². The van der Waals surface area contributed by atoms with Gasteiger partial charge < -0.3 is 4.18 Å². The third kappa shape index (κ3) is 2.71. The molecule has 0 aromatic carbocycles. The number of hydrogen-bond acceptors (Lipinski definition) is 4. The van der Waals surface area contributed by atoms with Crippen LogP contribution in [-0.4, -0.2) is 19.7 Å². The Kier molecular flexibility index (Phi) is 3.08. The van der Waals surface area contributed by atoms with Crippen LogP contribution in [0.5, 0.6) is 0 Å². The minimum absolute atomic E-state index is 0.0252. The minimum Gasteiger partial charge on any atom is -0.384 e. The molecule has 0 N–H and O–H groups in total. The fraction of sp³-hybridized carbons (Fsp3) is 0.571. The van der Waals surface area contributed by atoms with Crippen LogP contribution in [0.3, 0.4) is 0 Å². The average Bonchev–Trinajstić information content (AvgIpc) is 2.46. The Morgan fingerprint density at radius 2 is 1.87 bits per heavy atom. The summed E-state index contributed by atoms with van der Waals surface area (Å²) in [4.78, 5) is 10.9. The monoisotopic (exact) mass is 244 g/mol. The van der Waals surface area contributed by atoms with E-state index in [1.54, 1.807) is 0 Å². The fourth-order valence-electron chi connectivity index (χ4n) is 1.04. The molecule has 0 heterocycles. The van der Waals surface area contributed by atoms with Crippen LogP contribution in [0, 0.1) is 0 Å². The summed E-state index contributed by atoms with van der Waals surface area (Å²) in [6, 6.07) is 0. The number of carbonyl (C=O) groups is 1. The first-order chi connectivity index (χ1) is 6.74. The Morgan fingerprint density at radius 1 is 1.27 bits per heavy atom. The normalized spacial score (nSPS) is 21.0. The van der Waals surface area contributed by atoms with Gasteiger partial charge in [-0.1, -0.05) is 0 Å². The molecule has 0 radical (unpaired) electrons. The van der Waals surface area contributed by atoms with E-state index in [2.05, 4.69) is 4.18 Å². The van der Waals surface area contributed by atoms with Gasteiger partial charge >= 0.3 is 15.6 Å². The fourth-order valence-corrected chi connectivity index (χ4v) is 1.39. The Balaban J connectivity index is 2.76. The number of halogens is 3. The third-order valence-electron chi connectivity index (χ3n) is 1.81. The van der Waals surface area contributed by atoms with Crippen molar-refractivity contribution in [3.05, 3.63) is 11.8 Å². The molecule has 1 fully saturated rings. The number of Topliss-reactive ketones (excluding diaryl/α,β-unsaturated/α-hetero) is 1. The standard InChI is InChI=1S/C7H7F3O4S/c8-7(9,10)15(12,13)14-4-5-2-1-3-6(5)11/h4H,1-3H2/b5-4+. The predicted molar refractivity (Wildman–Crippen MR) is 43.0 cm³/mol. The van der Waals surface area contributed by atoms with Crippen molar-refractivity contribution in [1.82, 2.24) is 0 Å². The van der Waals surface area contributed by atoms with Crippen LogP contribution in [0.25, 0.3) is 0 Å². The van der Waals surface area contributed by atoms with Gasteiger partial charge in [0.25, 0.3) is 0 Å². The van der Waals surface area contributed by atoms with Crippen LogP contribution < -0.4 is 0 Å². The zero-order chi connectivity index (χ0) is 11.7. The number of carbonyl (C=O) groups excluding carboxylic acids is 1. The molecule has 8 heteroatoms. The lowest BCUT2D eigenvalue weighted by molar-refractivity contribution is -0.114. The molecule has 0 amide bonds. The van der Waals surface area contributed by atoms with Crippen LogP contribution in [-0.2, 0) is 19.1 Å². The molecule has 0 bridgehead atoms. The SMILES string of the molecule is O=C1CCC/C1=C\OS(=O)(=O)C(F)(F)F. The summed E-state index contributed by atoms with van der Waals surface area (Å²) >= 11 is 0. The molecule has 4 nitrogen and oxygen atoms in total. The van der Waals surface area contributed by atoms with Crippen LogP contribution in [0.2, 0.25) is 0 Å². The zero-order valence-corrected chi connectivity index (χ0v) is 8.19. The van der Waals surface area contributed by atoms with Crippen molar-refractivity contribution in [1.29, 1.82) is 0 Å². The van der Waals surface area contributed by atoms with E-state index in [1.807, 2.05) is 0 Å². The Labute approximate surface area is 83.8 Å². The van der Waals surface area contributed by atoms with Gasteiger partial charge in [0.15, 0.2) is 5.78 Å². The molecule has 1 rings (SSSR count). The van der Waals surface area contributed by atoms with E-state index in [0.29, 0.717) is 12.7 Å². The summed E-state index contributed by atoms with van der Waals surface area (Å²) in [7, 11) is -5.64. The van der Waals surface area contributed by atoms with Crippen molar-refractivity contribution in [2.24, 2.45) is 0 Å². The summed E-state index contributed by atoms with van der Waals surface area (Å²) in [5.41, 5.74) is -5.49. The second-order valence-corrected chi connectivity index (χ2v) is 4.48. The van der Waals surface area contributed by atoms with Gasteiger partial charge in [-0.15, -0.1) is 0 Å². The van der Waals surface area contributed by atoms with Crippen LogP contribution >= 0.6 is 0 Å². The number of allylic oxidation sites excluding steroid dienone is 1. The largest absolute Gasteiger partial charge is 0.534 e. The maximum atomic E-state index is 11.8. The molecule has 0 aromatic rings. The van der Waals surface area contributed by atoms with Gasteiger partial charge in [-0.25, -0.2) is 0 Å². The maximum absolute atomic E-state index is 11.8. The third-order valence-corrected chi connectivity index (χ3v) is 2.73. The van der Waals surface area contributed by atoms with E-state index in [-0.39, 0.29) is 24.2 Å². The van der Waals surface area contributed by atoms with E-state index in [1.165, 1.54) is 0 Å². The molecule has 1 saturated carbocycles. The van der Waals surface area contributed by atoms with E-state index in [4.69, 9.17) is 0 Å². The summed E-state index contributed by atoms with van der Waals surface area (Å²) in [6.07, 6.45) is 1.33. The highest BCUT2D eigenvalue weighted by Gasteiger charge is 2.48. The molecule has 0 aromatic heterocycles. The highest BCUT2D eigenvalue weighted by Crippen LogP contribution is 2.26. The molecule has 0 unspecified atom stereocenters. The molecule has 0 aliphatic heterocycles. The number of alkyl halides is 3. The summed E-state index contributed by atoms with van der Waals surface area (Å²) in [5, 5.41) is 0. The molecule has 15 heavy (non-hydrogen) atoms. The first-order valence-corrected chi connectivity index (χ1v) is 5.36. The Bertz CT molecular complexity index is 393. The van der Waals surface area contributed by atoms with E-state index in [9.17, 15) is 26.4 Å². The van der Waals surface area contributed by atoms with Crippen molar-refractivity contribution in [2.45, 2.75) is 24.8 Å². The molecular weight excluding hydrogens is 237 g/mol. The lowest BCUT2D eigenvalue weighted by Crippen LogP contribution is -2.24. The second kappa shape index (κ2) is 3.84. The van der Waals surface area contributed by atoms with E-state index < -0.39 is 15.6 Å². The number of hydrogen-bond donors (Lipinski definition) is 0. The molecule has 0 atom stereocenters. The van der Waals surface area contributed by atoms with Gasteiger partial charge in [0.1, 0.15) is 6.26 Å². The minimum atomic E-state index is -5.64. The Morgan fingerprint density at radius 3 is 2.27 bits per heavy atom. The summed E-state index contributed by atoms with van der Waals surface area (Å²) in [5.74, 6) is -0.382. The number of rotatable bonds is 2. The molecule has 0 saturated heterocycles. The van der Waals surface area contributed by atoms with E-state index >= 15 is 0 Å². The number of ketones is 1. The average molecular weight is 244 g/mol. The predicted octanol–water partition coefficient (Wildman–Crippen LogP) is 1.49. The van der Waals surface area contributed by atoms with Crippen LogP contribution in [0.1, 0.15) is 19.3 Å². The highest BCUT2D eigenvalue weighted by atomic mass is 32.2. The van der Waals surface area contributed by atoms with Gasteiger partial charge in [0, 0.05) is 12.0 Å². The smallest absolute Gasteiger partial charge is 0.384 e. The molecule has 86 valence electrons. The van der Waals surface area contributed by atoms with E-state index in [0.717, 1.165) is 0 Å². The molecule has 0 spiro atoms. The molecule has 1 aliphatic carbocycles. The molecule has 1 aliphatic rings. The first kappa shape index (κ1) is 12.0.